The van der Waals surface area contributed by atoms with Gasteiger partial charge in [-0.1, -0.05) is 20.3 Å². The molecule has 0 fully saturated rings. The molecule has 2 heteroatoms. The number of nitrogens with zero attached hydrogens (tertiary/aromatic N) is 1. The predicted molar refractivity (Wildman–Crippen MR) is 66.1 cm³/mol. The minimum Gasteiger partial charge on any atom is -0.301 e. The second kappa shape index (κ2) is 8.90. The third-order valence-corrected chi connectivity index (χ3v) is 2.99. The summed E-state index contributed by atoms with van der Waals surface area (Å²) in [6.07, 6.45) is 5.47. The van der Waals surface area contributed by atoms with E-state index in [0.717, 1.165) is 19.4 Å². The minimum atomic E-state index is 0.314. The zero-order valence-electron chi connectivity index (χ0n) is 10.9. The van der Waals surface area contributed by atoms with Crippen molar-refractivity contribution < 1.29 is 4.79 Å². The van der Waals surface area contributed by atoms with E-state index < -0.39 is 0 Å². The number of carbonyl (C=O) groups excluding carboxylic acids is 1. The topological polar surface area (TPSA) is 20.3 Å². The Labute approximate surface area is 95.0 Å². The maximum Gasteiger partial charge on any atom is 0.129 e. The van der Waals surface area contributed by atoms with Crippen LogP contribution in [0.5, 0.6) is 0 Å². The van der Waals surface area contributed by atoms with Crippen LogP contribution in [0, 0.1) is 0 Å². The standard InChI is InChI=1S/C13H27NO/c1-5-7-10-14(12(3)6-2)11-8-9-13(4)15/h12H,5-11H2,1-4H3. The van der Waals surface area contributed by atoms with Crippen LogP contribution >= 0.6 is 0 Å². The van der Waals surface area contributed by atoms with Crippen molar-refractivity contribution in [3.63, 3.8) is 0 Å². The average Bonchev–Trinajstić information content (AvgIpc) is 2.21. The highest BCUT2D eigenvalue weighted by molar-refractivity contribution is 5.75. The molecule has 0 N–H and O–H groups in total. The summed E-state index contributed by atoms with van der Waals surface area (Å²) in [4.78, 5) is 13.4. The zero-order valence-corrected chi connectivity index (χ0v) is 10.9. The maximum absolute atomic E-state index is 10.9. The maximum atomic E-state index is 10.9. The summed E-state index contributed by atoms with van der Waals surface area (Å²) in [7, 11) is 0. The van der Waals surface area contributed by atoms with Gasteiger partial charge in [0, 0.05) is 12.5 Å². The highest BCUT2D eigenvalue weighted by Crippen LogP contribution is 2.07. The van der Waals surface area contributed by atoms with Crippen molar-refractivity contribution in [3.05, 3.63) is 0 Å². The lowest BCUT2D eigenvalue weighted by molar-refractivity contribution is -0.117. The lowest BCUT2D eigenvalue weighted by Gasteiger charge is -2.28. The number of Topliss-reactive ketones (excluding diaryl/α,β-unsaturated/α-hetero) is 1. The molecule has 0 heterocycles. The van der Waals surface area contributed by atoms with Crippen LogP contribution in [0.15, 0.2) is 0 Å². The first-order valence-electron chi connectivity index (χ1n) is 6.35. The van der Waals surface area contributed by atoms with Crippen molar-refractivity contribution in [1.29, 1.82) is 0 Å². The second-order valence-electron chi connectivity index (χ2n) is 4.45. The van der Waals surface area contributed by atoms with Crippen molar-refractivity contribution in [2.45, 2.75) is 65.8 Å². The Balaban J connectivity index is 3.84. The van der Waals surface area contributed by atoms with Crippen LogP contribution in [0.25, 0.3) is 0 Å². The molecule has 0 bridgehead atoms. The Morgan fingerprint density at radius 3 is 2.27 bits per heavy atom. The lowest BCUT2D eigenvalue weighted by atomic mass is 10.1. The van der Waals surface area contributed by atoms with Crippen LogP contribution in [-0.4, -0.2) is 29.8 Å². The SMILES string of the molecule is CCCCN(CCCC(C)=O)C(C)CC. The second-order valence-corrected chi connectivity index (χ2v) is 4.45. The van der Waals surface area contributed by atoms with Gasteiger partial charge in [0.05, 0.1) is 0 Å². The molecule has 0 spiro atoms. The first-order valence-corrected chi connectivity index (χ1v) is 6.35. The Bertz CT molecular complexity index is 168. The molecule has 0 aliphatic rings. The van der Waals surface area contributed by atoms with Gasteiger partial charge in [0.15, 0.2) is 0 Å². The summed E-state index contributed by atoms with van der Waals surface area (Å²) in [5, 5.41) is 0. The molecule has 0 radical (unpaired) electrons. The first-order chi connectivity index (χ1) is 7.11. The fraction of sp³-hybridized carbons (Fsp3) is 0.923. The summed E-state index contributed by atoms with van der Waals surface area (Å²) in [6.45, 7) is 10.7. The van der Waals surface area contributed by atoms with E-state index in [4.69, 9.17) is 0 Å². The highest BCUT2D eigenvalue weighted by atomic mass is 16.1. The van der Waals surface area contributed by atoms with Gasteiger partial charge in [-0.3, -0.25) is 0 Å². The summed E-state index contributed by atoms with van der Waals surface area (Å²) in [6, 6.07) is 0.656. The highest BCUT2D eigenvalue weighted by Gasteiger charge is 2.10. The molecular formula is C13H27NO. The summed E-state index contributed by atoms with van der Waals surface area (Å²) in [5.41, 5.74) is 0. The van der Waals surface area contributed by atoms with Crippen molar-refractivity contribution in [1.82, 2.24) is 4.90 Å². The summed E-state index contributed by atoms with van der Waals surface area (Å²) >= 11 is 0. The van der Waals surface area contributed by atoms with Crippen LogP contribution in [0.4, 0.5) is 0 Å². The quantitative estimate of drug-likeness (QED) is 0.586. The summed E-state index contributed by atoms with van der Waals surface area (Å²) in [5.74, 6) is 0.314. The molecule has 0 rings (SSSR count). The Morgan fingerprint density at radius 1 is 1.20 bits per heavy atom. The van der Waals surface area contributed by atoms with Gasteiger partial charge >= 0.3 is 0 Å². The average molecular weight is 213 g/mol. The molecule has 2 nitrogen and oxygen atoms in total. The van der Waals surface area contributed by atoms with E-state index in [1.54, 1.807) is 6.92 Å². The van der Waals surface area contributed by atoms with Gasteiger partial charge in [0.2, 0.25) is 0 Å². The van der Waals surface area contributed by atoms with Gasteiger partial charge in [0.25, 0.3) is 0 Å². The van der Waals surface area contributed by atoms with Gasteiger partial charge in [-0.25, -0.2) is 0 Å². The lowest BCUT2D eigenvalue weighted by Crippen LogP contribution is -2.34. The van der Waals surface area contributed by atoms with E-state index in [0.29, 0.717) is 11.8 Å². The molecule has 0 aromatic carbocycles. The molecule has 1 atom stereocenters. The first kappa shape index (κ1) is 14.6. The van der Waals surface area contributed by atoms with Crippen molar-refractivity contribution in [3.8, 4) is 0 Å². The van der Waals surface area contributed by atoms with Crippen LogP contribution in [-0.2, 0) is 4.79 Å². The Kier molecular flexibility index (Phi) is 8.68. The van der Waals surface area contributed by atoms with E-state index in [1.807, 2.05) is 0 Å². The minimum absolute atomic E-state index is 0.314. The molecule has 0 aromatic heterocycles. The van der Waals surface area contributed by atoms with Crippen molar-refractivity contribution in [2.75, 3.05) is 13.1 Å². The van der Waals surface area contributed by atoms with E-state index in [-0.39, 0.29) is 0 Å². The molecule has 1 unspecified atom stereocenters. The molecule has 0 amide bonds. The van der Waals surface area contributed by atoms with Crippen molar-refractivity contribution >= 4 is 5.78 Å². The zero-order chi connectivity index (χ0) is 11.7. The molecule has 0 saturated carbocycles. The van der Waals surface area contributed by atoms with Gasteiger partial charge < -0.3 is 9.69 Å². The third-order valence-electron chi connectivity index (χ3n) is 2.99. The smallest absolute Gasteiger partial charge is 0.129 e. The van der Waals surface area contributed by atoms with Gasteiger partial charge in [-0.15, -0.1) is 0 Å². The van der Waals surface area contributed by atoms with Crippen LogP contribution in [0.2, 0.25) is 0 Å². The number of hydrogen-bond donors (Lipinski definition) is 0. The van der Waals surface area contributed by atoms with Crippen LogP contribution in [0.1, 0.15) is 59.8 Å². The molecule has 90 valence electrons. The number of rotatable bonds is 9. The molecular weight excluding hydrogens is 186 g/mol. The third kappa shape index (κ3) is 7.55. The normalized spacial score (nSPS) is 13.1. The molecule has 15 heavy (non-hydrogen) atoms. The van der Waals surface area contributed by atoms with Crippen LogP contribution in [0.3, 0.4) is 0 Å². The summed E-state index contributed by atoms with van der Waals surface area (Å²) < 4.78 is 0. The number of ketones is 1. The Morgan fingerprint density at radius 2 is 1.80 bits per heavy atom. The number of unbranched alkanes of at least 4 members (excludes halogenated alkanes) is 1. The molecule has 0 aromatic rings. The van der Waals surface area contributed by atoms with Gasteiger partial charge in [-0.05, 0) is 46.2 Å². The predicted octanol–water partition coefficient (Wildman–Crippen LogP) is 3.26. The number of hydrogen-bond acceptors (Lipinski definition) is 2. The van der Waals surface area contributed by atoms with Crippen LogP contribution < -0.4 is 0 Å². The molecule has 0 saturated heterocycles. The largest absolute Gasteiger partial charge is 0.301 e. The number of carbonyl (C=O) groups is 1. The fourth-order valence-electron chi connectivity index (χ4n) is 1.70. The van der Waals surface area contributed by atoms with E-state index >= 15 is 0 Å². The van der Waals surface area contributed by atoms with Gasteiger partial charge in [-0.2, -0.15) is 0 Å². The molecule has 0 aliphatic heterocycles. The van der Waals surface area contributed by atoms with E-state index in [9.17, 15) is 4.79 Å². The van der Waals surface area contributed by atoms with E-state index in [1.165, 1.54) is 25.8 Å². The van der Waals surface area contributed by atoms with E-state index in [2.05, 4.69) is 25.7 Å². The monoisotopic (exact) mass is 213 g/mol. The fourth-order valence-corrected chi connectivity index (χ4v) is 1.70. The Hall–Kier alpha value is -0.370. The van der Waals surface area contributed by atoms with Gasteiger partial charge in [0.1, 0.15) is 5.78 Å². The molecule has 0 aliphatic carbocycles. The van der Waals surface area contributed by atoms with Crippen molar-refractivity contribution in [2.24, 2.45) is 0 Å².